The number of nitrogens with zero attached hydrogens (tertiary/aromatic N) is 3. The van der Waals surface area contributed by atoms with E-state index in [4.69, 9.17) is 5.11 Å². The standard InChI is InChI=1S/C11H17N3O4S/c15-11(16)8-10-9-19(17,18)7-6-13(10)4-5-14-3-1-2-12-14/h1-3,10H,4-9H2,(H,15,16). The van der Waals surface area contributed by atoms with Gasteiger partial charge in [-0.25, -0.2) is 8.42 Å². The van der Waals surface area contributed by atoms with Crippen LogP contribution in [0.15, 0.2) is 18.5 Å². The lowest BCUT2D eigenvalue weighted by Gasteiger charge is -2.34. The molecule has 0 amide bonds. The van der Waals surface area contributed by atoms with Crippen LogP contribution in [0.2, 0.25) is 0 Å². The Labute approximate surface area is 111 Å². The molecule has 1 atom stereocenters. The molecule has 0 radical (unpaired) electrons. The molecule has 8 heteroatoms. The van der Waals surface area contributed by atoms with Crippen LogP contribution in [0.5, 0.6) is 0 Å². The molecule has 1 saturated heterocycles. The van der Waals surface area contributed by atoms with Gasteiger partial charge in [0.15, 0.2) is 9.84 Å². The fourth-order valence-electron chi connectivity index (χ4n) is 2.27. The Morgan fingerprint density at radius 1 is 1.42 bits per heavy atom. The van der Waals surface area contributed by atoms with Crippen molar-refractivity contribution in [2.24, 2.45) is 0 Å². The number of hydrogen-bond acceptors (Lipinski definition) is 5. The fourth-order valence-corrected chi connectivity index (χ4v) is 3.86. The first-order chi connectivity index (χ1) is 8.96. The molecule has 1 aliphatic rings. The largest absolute Gasteiger partial charge is 0.481 e. The Morgan fingerprint density at radius 3 is 2.84 bits per heavy atom. The third kappa shape index (κ3) is 4.03. The fraction of sp³-hybridized carbons (Fsp3) is 0.636. The van der Waals surface area contributed by atoms with E-state index < -0.39 is 21.8 Å². The second kappa shape index (κ2) is 5.70. The Kier molecular flexibility index (Phi) is 4.20. The van der Waals surface area contributed by atoms with Crippen LogP contribution in [0.4, 0.5) is 0 Å². The number of hydrogen-bond donors (Lipinski definition) is 1. The van der Waals surface area contributed by atoms with Gasteiger partial charge in [0.25, 0.3) is 0 Å². The van der Waals surface area contributed by atoms with Gasteiger partial charge in [-0.15, -0.1) is 0 Å². The molecule has 1 unspecified atom stereocenters. The molecule has 1 fully saturated rings. The van der Waals surface area contributed by atoms with E-state index in [1.54, 1.807) is 10.9 Å². The lowest BCUT2D eigenvalue weighted by molar-refractivity contribution is -0.138. The monoisotopic (exact) mass is 287 g/mol. The molecule has 0 spiro atoms. The first-order valence-corrected chi connectivity index (χ1v) is 7.92. The van der Waals surface area contributed by atoms with Crippen molar-refractivity contribution in [1.29, 1.82) is 0 Å². The lowest BCUT2D eigenvalue weighted by Crippen LogP contribution is -2.50. The van der Waals surface area contributed by atoms with E-state index in [9.17, 15) is 13.2 Å². The maximum Gasteiger partial charge on any atom is 0.304 e. The minimum absolute atomic E-state index is 0.0710. The SMILES string of the molecule is O=C(O)CC1CS(=O)(=O)CCN1CCn1cccn1. The first kappa shape index (κ1) is 14.0. The van der Waals surface area contributed by atoms with Gasteiger partial charge in [-0.05, 0) is 6.07 Å². The van der Waals surface area contributed by atoms with Crippen LogP contribution in [0.3, 0.4) is 0 Å². The van der Waals surface area contributed by atoms with Crippen molar-refractivity contribution in [3.05, 3.63) is 18.5 Å². The van der Waals surface area contributed by atoms with Gasteiger partial charge >= 0.3 is 5.97 Å². The van der Waals surface area contributed by atoms with E-state index in [1.807, 2.05) is 17.2 Å². The summed E-state index contributed by atoms with van der Waals surface area (Å²) in [7, 11) is -3.11. The highest BCUT2D eigenvalue weighted by Crippen LogP contribution is 2.15. The minimum Gasteiger partial charge on any atom is -0.481 e. The highest BCUT2D eigenvalue weighted by molar-refractivity contribution is 7.91. The van der Waals surface area contributed by atoms with Crippen LogP contribution in [-0.2, 0) is 21.2 Å². The van der Waals surface area contributed by atoms with Gasteiger partial charge in [0.1, 0.15) is 0 Å². The van der Waals surface area contributed by atoms with E-state index in [0.717, 1.165) is 0 Å². The zero-order chi connectivity index (χ0) is 13.9. The van der Waals surface area contributed by atoms with Crippen molar-refractivity contribution in [2.75, 3.05) is 24.6 Å². The zero-order valence-corrected chi connectivity index (χ0v) is 11.3. The third-order valence-corrected chi connectivity index (χ3v) is 4.94. The normalized spacial score (nSPS) is 23.3. The zero-order valence-electron chi connectivity index (χ0n) is 10.5. The van der Waals surface area contributed by atoms with Crippen molar-refractivity contribution in [3.8, 4) is 0 Å². The molecule has 106 valence electrons. The van der Waals surface area contributed by atoms with Crippen LogP contribution in [0.1, 0.15) is 6.42 Å². The van der Waals surface area contributed by atoms with Crippen LogP contribution < -0.4 is 0 Å². The van der Waals surface area contributed by atoms with Crippen LogP contribution in [0.25, 0.3) is 0 Å². The second-order valence-electron chi connectivity index (χ2n) is 4.67. The number of rotatable bonds is 5. The Bertz CT molecular complexity index is 526. The quantitative estimate of drug-likeness (QED) is 0.781. The molecule has 1 aliphatic heterocycles. The molecule has 2 heterocycles. The number of carboxylic acid groups (broad SMARTS) is 1. The summed E-state index contributed by atoms with van der Waals surface area (Å²) in [6.45, 7) is 1.62. The first-order valence-electron chi connectivity index (χ1n) is 6.10. The maximum absolute atomic E-state index is 11.6. The van der Waals surface area contributed by atoms with E-state index in [2.05, 4.69) is 5.10 Å². The average Bonchev–Trinajstić information content (AvgIpc) is 2.79. The molecule has 7 nitrogen and oxygen atoms in total. The highest BCUT2D eigenvalue weighted by atomic mass is 32.2. The number of aliphatic carboxylic acids is 1. The molecular weight excluding hydrogens is 270 g/mol. The van der Waals surface area contributed by atoms with Crippen LogP contribution >= 0.6 is 0 Å². The Morgan fingerprint density at radius 2 is 2.21 bits per heavy atom. The molecule has 1 aromatic heterocycles. The smallest absolute Gasteiger partial charge is 0.304 e. The predicted octanol–water partition coefficient (Wildman–Crippen LogP) is -0.543. The van der Waals surface area contributed by atoms with Gasteiger partial charge in [-0.1, -0.05) is 0 Å². The van der Waals surface area contributed by atoms with Crippen LogP contribution in [-0.4, -0.2) is 64.8 Å². The van der Waals surface area contributed by atoms with E-state index >= 15 is 0 Å². The molecule has 2 rings (SSSR count). The maximum atomic E-state index is 11.6. The molecule has 0 aromatic carbocycles. The Hall–Kier alpha value is -1.41. The summed E-state index contributed by atoms with van der Waals surface area (Å²) in [5.41, 5.74) is 0. The van der Waals surface area contributed by atoms with Crippen LogP contribution in [0, 0.1) is 0 Å². The van der Waals surface area contributed by atoms with Gasteiger partial charge in [-0.2, -0.15) is 5.10 Å². The number of aromatic nitrogens is 2. The predicted molar refractivity (Wildman–Crippen MR) is 68.5 cm³/mol. The van der Waals surface area contributed by atoms with Crippen molar-refractivity contribution in [2.45, 2.75) is 19.0 Å². The van der Waals surface area contributed by atoms with Crippen molar-refractivity contribution < 1.29 is 18.3 Å². The summed E-state index contributed by atoms with van der Waals surface area (Å²) in [4.78, 5) is 12.7. The molecule has 0 aliphatic carbocycles. The summed E-state index contributed by atoms with van der Waals surface area (Å²) in [5.74, 6) is -0.938. The van der Waals surface area contributed by atoms with Gasteiger partial charge in [0.05, 0.1) is 24.5 Å². The summed E-state index contributed by atoms with van der Waals surface area (Å²) in [6.07, 6.45) is 3.36. The summed E-state index contributed by atoms with van der Waals surface area (Å²) >= 11 is 0. The van der Waals surface area contributed by atoms with E-state index in [0.29, 0.717) is 19.6 Å². The summed E-state index contributed by atoms with van der Waals surface area (Å²) in [5, 5.41) is 12.9. The van der Waals surface area contributed by atoms with Gasteiger partial charge in [0.2, 0.25) is 0 Å². The molecule has 0 bridgehead atoms. The number of carboxylic acids is 1. The second-order valence-corrected chi connectivity index (χ2v) is 6.90. The van der Waals surface area contributed by atoms with Crippen molar-refractivity contribution >= 4 is 15.8 Å². The topological polar surface area (TPSA) is 92.5 Å². The molecular formula is C11H17N3O4S. The van der Waals surface area contributed by atoms with Gasteiger partial charge < -0.3 is 5.11 Å². The number of carbonyl (C=O) groups is 1. The summed E-state index contributed by atoms with van der Waals surface area (Å²) in [6, 6.07) is 1.38. The summed E-state index contributed by atoms with van der Waals surface area (Å²) < 4.78 is 24.9. The Balaban J connectivity index is 1.98. The van der Waals surface area contributed by atoms with E-state index in [-0.39, 0.29) is 17.9 Å². The average molecular weight is 287 g/mol. The lowest BCUT2D eigenvalue weighted by atomic mass is 10.2. The van der Waals surface area contributed by atoms with Gasteiger partial charge in [-0.3, -0.25) is 14.4 Å². The molecule has 0 saturated carbocycles. The minimum atomic E-state index is -3.11. The van der Waals surface area contributed by atoms with E-state index in [1.165, 1.54) is 0 Å². The highest BCUT2D eigenvalue weighted by Gasteiger charge is 2.32. The third-order valence-electron chi connectivity index (χ3n) is 3.24. The number of sulfone groups is 1. The van der Waals surface area contributed by atoms with Crippen molar-refractivity contribution in [1.82, 2.24) is 14.7 Å². The molecule has 1 aromatic rings. The molecule has 19 heavy (non-hydrogen) atoms. The van der Waals surface area contributed by atoms with Crippen molar-refractivity contribution in [3.63, 3.8) is 0 Å². The molecule has 1 N–H and O–H groups in total. The van der Waals surface area contributed by atoms with Gasteiger partial charge in [0, 0.05) is 31.5 Å².